The summed E-state index contributed by atoms with van der Waals surface area (Å²) in [6.07, 6.45) is 8.14. The fourth-order valence-electron chi connectivity index (χ4n) is 1.74. The monoisotopic (exact) mass is 238 g/mol. The molecule has 0 saturated heterocycles. The van der Waals surface area contributed by atoms with Gasteiger partial charge < -0.3 is 4.43 Å². The molecule has 0 spiro atoms. The van der Waals surface area contributed by atoms with E-state index in [4.69, 9.17) is 4.43 Å². The van der Waals surface area contributed by atoms with Crippen molar-refractivity contribution in [1.82, 2.24) is 0 Å². The summed E-state index contributed by atoms with van der Waals surface area (Å²) in [6.45, 7) is 15.4. The lowest BCUT2D eigenvalue weighted by molar-refractivity contribution is 0.199. The molecule has 1 aliphatic carbocycles. The van der Waals surface area contributed by atoms with Crippen LogP contribution in [-0.2, 0) is 4.43 Å². The standard InChI is InChI=1S/C14H26OSi/c1-7-12-10-8-9-11-13(12)15-16(5,6)14(2,3)4/h7,10,13H,1,8-9,11H2,2-6H3. The summed E-state index contributed by atoms with van der Waals surface area (Å²) in [4.78, 5) is 0. The van der Waals surface area contributed by atoms with Gasteiger partial charge in [0.2, 0.25) is 0 Å². The summed E-state index contributed by atoms with van der Waals surface area (Å²) in [5.74, 6) is 0. The van der Waals surface area contributed by atoms with Crippen LogP contribution in [-0.4, -0.2) is 14.4 Å². The molecule has 0 fully saturated rings. The Hall–Kier alpha value is -0.343. The summed E-state index contributed by atoms with van der Waals surface area (Å²) in [5.41, 5.74) is 1.30. The van der Waals surface area contributed by atoms with Gasteiger partial charge in [-0.25, -0.2) is 0 Å². The predicted molar refractivity (Wildman–Crippen MR) is 74.2 cm³/mol. The maximum atomic E-state index is 6.45. The molecule has 0 radical (unpaired) electrons. The summed E-state index contributed by atoms with van der Waals surface area (Å²) in [7, 11) is -1.64. The Morgan fingerprint density at radius 2 is 2.06 bits per heavy atom. The molecule has 0 aromatic heterocycles. The first kappa shape index (κ1) is 13.7. The van der Waals surface area contributed by atoms with Crippen molar-refractivity contribution in [2.24, 2.45) is 0 Å². The van der Waals surface area contributed by atoms with Crippen molar-refractivity contribution in [3.63, 3.8) is 0 Å². The fourth-order valence-corrected chi connectivity index (χ4v) is 3.06. The molecular formula is C14H26OSi. The van der Waals surface area contributed by atoms with Crippen LogP contribution >= 0.6 is 0 Å². The molecule has 1 aliphatic rings. The lowest BCUT2D eigenvalue weighted by Gasteiger charge is -2.40. The van der Waals surface area contributed by atoms with Crippen LogP contribution in [0.2, 0.25) is 18.1 Å². The van der Waals surface area contributed by atoms with Crippen molar-refractivity contribution >= 4 is 8.32 Å². The normalized spacial score (nSPS) is 22.8. The van der Waals surface area contributed by atoms with Gasteiger partial charge in [-0.3, -0.25) is 0 Å². The number of hydrogen-bond donors (Lipinski definition) is 0. The van der Waals surface area contributed by atoms with Crippen LogP contribution in [0.25, 0.3) is 0 Å². The van der Waals surface area contributed by atoms with Gasteiger partial charge in [-0.1, -0.05) is 39.5 Å². The third kappa shape index (κ3) is 3.08. The number of hydrogen-bond acceptors (Lipinski definition) is 1. The van der Waals surface area contributed by atoms with Gasteiger partial charge in [0.15, 0.2) is 8.32 Å². The topological polar surface area (TPSA) is 9.23 Å². The highest BCUT2D eigenvalue weighted by molar-refractivity contribution is 6.74. The van der Waals surface area contributed by atoms with Crippen LogP contribution in [0.15, 0.2) is 24.3 Å². The van der Waals surface area contributed by atoms with E-state index in [1.165, 1.54) is 18.4 Å². The molecule has 0 aliphatic heterocycles. The average Bonchev–Trinajstić information content (AvgIpc) is 2.16. The Morgan fingerprint density at radius 1 is 1.44 bits per heavy atom. The summed E-state index contributed by atoms with van der Waals surface area (Å²) in [6, 6.07) is 0. The minimum atomic E-state index is -1.64. The third-order valence-electron chi connectivity index (χ3n) is 3.90. The molecule has 0 heterocycles. The van der Waals surface area contributed by atoms with Gasteiger partial charge in [0.1, 0.15) is 0 Å². The van der Waals surface area contributed by atoms with E-state index < -0.39 is 8.32 Å². The molecule has 1 atom stereocenters. The highest BCUT2D eigenvalue weighted by Crippen LogP contribution is 2.39. The van der Waals surface area contributed by atoms with E-state index in [9.17, 15) is 0 Å². The van der Waals surface area contributed by atoms with Crippen molar-refractivity contribution < 1.29 is 4.43 Å². The first-order valence-corrected chi connectivity index (χ1v) is 9.19. The Balaban J connectivity index is 2.77. The SMILES string of the molecule is C=CC1=CCCCC1O[Si](C)(C)C(C)(C)C. The molecular weight excluding hydrogens is 212 g/mol. The first-order chi connectivity index (χ1) is 7.28. The first-order valence-electron chi connectivity index (χ1n) is 6.28. The third-order valence-corrected chi connectivity index (χ3v) is 8.39. The van der Waals surface area contributed by atoms with E-state index in [0.717, 1.165) is 6.42 Å². The molecule has 0 amide bonds. The summed E-state index contributed by atoms with van der Waals surface area (Å²) in [5, 5.41) is 0.288. The minimum absolute atomic E-state index is 0.288. The minimum Gasteiger partial charge on any atom is -0.410 e. The average molecular weight is 238 g/mol. The molecule has 92 valence electrons. The number of rotatable bonds is 3. The Kier molecular flexibility index (Phi) is 4.19. The molecule has 16 heavy (non-hydrogen) atoms. The number of allylic oxidation sites excluding steroid dienone is 1. The van der Waals surface area contributed by atoms with Gasteiger partial charge in [-0.2, -0.15) is 0 Å². The van der Waals surface area contributed by atoms with E-state index >= 15 is 0 Å². The predicted octanol–water partition coefficient (Wildman–Crippen LogP) is 4.67. The van der Waals surface area contributed by atoms with E-state index in [0.29, 0.717) is 6.10 Å². The maximum absolute atomic E-state index is 6.45. The van der Waals surface area contributed by atoms with E-state index in [2.05, 4.69) is 46.5 Å². The Labute approximate surface area is 102 Å². The zero-order valence-corrected chi connectivity index (χ0v) is 12.5. The molecule has 0 saturated carbocycles. The lowest BCUT2D eigenvalue weighted by Crippen LogP contribution is -2.44. The second-order valence-electron chi connectivity index (χ2n) is 6.21. The fraction of sp³-hybridized carbons (Fsp3) is 0.714. The molecule has 2 heteroatoms. The van der Waals surface area contributed by atoms with Gasteiger partial charge in [-0.15, -0.1) is 0 Å². The van der Waals surface area contributed by atoms with Crippen LogP contribution < -0.4 is 0 Å². The zero-order valence-electron chi connectivity index (χ0n) is 11.5. The summed E-state index contributed by atoms with van der Waals surface area (Å²) >= 11 is 0. The zero-order chi connectivity index (χ0) is 12.4. The molecule has 1 rings (SSSR count). The van der Waals surface area contributed by atoms with Gasteiger partial charge in [0.25, 0.3) is 0 Å². The highest BCUT2D eigenvalue weighted by atomic mass is 28.4. The lowest BCUT2D eigenvalue weighted by atomic mass is 9.97. The van der Waals surface area contributed by atoms with Gasteiger partial charge >= 0.3 is 0 Å². The highest BCUT2D eigenvalue weighted by Gasteiger charge is 2.39. The Bertz CT molecular complexity index is 284. The van der Waals surface area contributed by atoms with Crippen LogP contribution in [0, 0.1) is 0 Å². The van der Waals surface area contributed by atoms with Crippen molar-refractivity contribution in [2.45, 2.75) is 64.3 Å². The van der Waals surface area contributed by atoms with Crippen LogP contribution in [0.5, 0.6) is 0 Å². The van der Waals surface area contributed by atoms with Crippen molar-refractivity contribution in [2.75, 3.05) is 0 Å². The van der Waals surface area contributed by atoms with Gasteiger partial charge in [-0.05, 0) is 43.0 Å². The molecule has 0 aromatic rings. The molecule has 0 aromatic carbocycles. The second kappa shape index (κ2) is 4.88. The van der Waals surface area contributed by atoms with Crippen molar-refractivity contribution in [1.29, 1.82) is 0 Å². The van der Waals surface area contributed by atoms with E-state index in [1.54, 1.807) is 0 Å². The molecule has 0 N–H and O–H groups in total. The Morgan fingerprint density at radius 3 is 2.56 bits per heavy atom. The summed E-state index contributed by atoms with van der Waals surface area (Å²) < 4.78 is 6.45. The molecule has 1 nitrogen and oxygen atoms in total. The van der Waals surface area contributed by atoms with E-state index in [-0.39, 0.29) is 5.04 Å². The maximum Gasteiger partial charge on any atom is 0.192 e. The van der Waals surface area contributed by atoms with E-state index in [1.807, 2.05) is 6.08 Å². The van der Waals surface area contributed by atoms with Gasteiger partial charge in [0.05, 0.1) is 6.10 Å². The van der Waals surface area contributed by atoms with Crippen molar-refractivity contribution in [3.05, 3.63) is 24.3 Å². The largest absolute Gasteiger partial charge is 0.410 e. The molecule has 1 unspecified atom stereocenters. The van der Waals surface area contributed by atoms with Crippen molar-refractivity contribution in [3.8, 4) is 0 Å². The quantitative estimate of drug-likeness (QED) is 0.649. The second-order valence-corrected chi connectivity index (χ2v) is 11.0. The van der Waals surface area contributed by atoms with Gasteiger partial charge in [0, 0.05) is 0 Å². The van der Waals surface area contributed by atoms with Crippen LogP contribution in [0.1, 0.15) is 40.0 Å². The smallest absolute Gasteiger partial charge is 0.192 e. The van der Waals surface area contributed by atoms with Crippen LogP contribution in [0.4, 0.5) is 0 Å². The van der Waals surface area contributed by atoms with Crippen LogP contribution in [0.3, 0.4) is 0 Å². The molecule has 0 bridgehead atoms.